The van der Waals surface area contributed by atoms with Gasteiger partial charge in [-0.2, -0.15) is 5.01 Å². The number of halogens is 3. The predicted octanol–water partition coefficient (Wildman–Crippen LogP) is 6.40. The molecule has 0 bridgehead atoms. The number of ketones is 1. The van der Waals surface area contributed by atoms with Gasteiger partial charge < -0.3 is 4.74 Å². The largest absolute Gasteiger partial charge is 0.423 e. The van der Waals surface area contributed by atoms with Gasteiger partial charge in [0.1, 0.15) is 12.3 Å². The van der Waals surface area contributed by atoms with E-state index in [-0.39, 0.29) is 43.6 Å². The Labute approximate surface area is 248 Å². The van der Waals surface area contributed by atoms with Crippen LogP contribution in [0.2, 0.25) is 15.1 Å². The van der Waals surface area contributed by atoms with Gasteiger partial charge in [-0.25, -0.2) is 9.80 Å². The lowest BCUT2D eigenvalue weighted by atomic mass is 10.1. The fourth-order valence-corrected chi connectivity index (χ4v) is 4.86. The van der Waals surface area contributed by atoms with Crippen molar-refractivity contribution in [2.45, 2.75) is 0 Å². The molecule has 5 rings (SSSR count). The number of hydrogen-bond acceptors (Lipinski definition) is 6. The predicted molar refractivity (Wildman–Crippen MR) is 152 cm³/mol. The van der Waals surface area contributed by atoms with Crippen LogP contribution in [0.4, 0.5) is 0 Å². The fraction of sp³-hybridized carbons (Fsp3) is 0.0333. The molecule has 0 aliphatic carbocycles. The average Bonchev–Trinajstić information content (AvgIpc) is 3.21. The first-order chi connectivity index (χ1) is 19.7. The summed E-state index contributed by atoms with van der Waals surface area (Å²) in [6, 6.07) is 22.1. The zero-order valence-electron chi connectivity index (χ0n) is 20.8. The lowest BCUT2D eigenvalue weighted by Gasteiger charge is -2.29. The number of hydrazine groups is 1. The van der Waals surface area contributed by atoms with Crippen LogP contribution >= 0.6 is 34.8 Å². The molecule has 41 heavy (non-hydrogen) atoms. The number of nitrogens with zero attached hydrogens (tertiary/aromatic N) is 2. The van der Waals surface area contributed by atoms with Crippen molar-refractivity contribution in [3.05, 3.63) is 134 Å². The first kappa shape index (κ1) is 28.0. The number of benzene rings is 4. The highest BCUT2D eigenvalue weighted by molar-refractivity contribution is 6.36. The number of amides is 3. The Hall–Kier alpha value is -4.50. The highest BCUT2D eigenvalue weighted by Gasteiger charge is 2.42. The minimum absolute atomic E-state index is 0.00152. The molecular weight excluding hydrogens is 591 g/mol. The van der Waals surface area contributed by atoms with Crippen LogP contribution < -0.4 is 4.74 Å². The van der Waals surface area contributed by atoms with Gasteiger partial charge in [-0.15, -0.1) is 0 Å². The van der Waals surface area contributed by atoms with Crippen molar-refractivity contribution in [2.75, 3.05) is 6.54 Å². The number of rotatable bonds is 7. The number of carbonyl (C=O) groups excluding carboxylic acids is 5. The Bertz CT molecular complexity index is 1700. The van der Waals surface area contributed by atoms with Gasteiger partial charge in [0.15, 0.2) is 5.78 Å². The zero-order chi connectivity index (χ0) is 29.3. The van der Waals surface area contributed by atoms with E-state index in [4.69, 9.17) is 39.5 Å². The highest BCUT2D eigenvalue weighted by atomic mass is 35.5. The number of ether oxygens (including phenoxy) is 1. The summed E-state index contributed by atoms with van der Waals surface area (Å²) >= 11 is 18.2. The summed E-state index contributed by atoms with van der Waals surface area (Å²) in [4.78, 5) is 65.8. The van der Waals surface area contributed by atoms with E-state index in [0.717, 1.165) is 5.01 Å². The van der Waals surface area contributed by atoms with E-state index in [0.29, 0.717) is 10.0 Å². The van der Waals surface area contributed by atoms with Crippen LogP contribution in [-0.4, -0.2) is 46.0 Å². The Morgan fingerprint density at radius 2 is 1.32 bits per heavy atom. The van der Waals surface area contributed by atoms with Crippen LogP contribution in [0.5, 0.6) is 5.75 Å². The molecular formula is C30H17Cl3N2O6. The summed E-state index contributed by atoms with van der Waals surface area (Å²) in [5.41, 5.74) is 0.443. The third kappa shape index (κ3) is 5.58. The Kier molecular flexibility index (Phi) is 7.90. The molecule has 4 aromatic carbocycles. The SMILES string of the molecule is O=C(CN(C(=O)c1ccccc1Cl)N1C(=O)c2ccccc2C1=O)c1ccc(OC(=O)c2ccc(Cl)cc2Cl)cc1. The van der Waals surface area contributed by atoms with Gasteiger partial charge in [0.2, 0.25) is 0 Å². The molecule has 1 aliphatic heterocycles. The molecule has 0 saturated heterocycles. The van der Waals surface area contributed by atoms with Gasteiger partial charge in [0.05, 0.1) is 32.3 Å². The number of esters is 1. The molecule has 0 atom stereocenters. The van der Waals surface area contributed by atoms with E-state index in [2.05, 4.69) is 0 Å². The van der Waals surface area contributed by atoms with E-state index < -0.39 is 36.0 Å². The van der Waals surface area contributed by atoms with Crippen LogP contribution in [-0.2, 0) is 0 Å². The third-order valence-corrected chi connectivity index (χ3v) is 7.06. The quantitative estimate of drug-likeness (QED) is 0.104. The smallest absolute Gasteiger partial charge is 0.345 e. The standard InChI is InChI=1S/C30H17Cl3N2O6/c31-18-11-14-23(25(33)15-18)30(40)41-19-12-9-17(10-13-19)26(36)16-34(27(37)22-7-3-4-8-24(22)32)35-28(38)20-5-1-2-6-21(20)29(35)39/h1-15H,16H2. The van der Waals surface area contributed by atoms with Crippen LogP contribution in [0.3, 0.4) is 0 Å². The lowest BCUT2D eigenvalue weighted by Crippen LogP contribution is -2.51. The zero-order valence-corrected chi connectivity index (χ0v) is 23.1. The summed E-state index contributed by atoms with van der Waals surface area (Å²) in [6.07, 6.45) is 0. The van der Waals surface area contributed by atoms with Crippen molar-refractivity contribution in [3.8, 4) is 5.75 Å². The van der Waals surface area contributed by atoms with Crippen molar-refractivity contribution in [2.24, 2.45) is 0 Å². The molecule has 4 aromatic rings. The summed E-state index contributed by atoms with van der Waals surface area (Å²) in [6.45, 7) is -0.658. The van der Waals surface area contributed by atoms with E-state index >= 15 is 0 Å². The summed E-state index contributed by atoms with van der Waals surface area (Å²) < 4.78 is 5.34. The van der Waals surface area contributed by atoms with Crippen molar-refractivity contribution < 1.29 is 28.7 Å². The second kappa shape index (κ2) is 11.5. The number of imide groups is 1. The lowest BCUT2D eigenvalue weighted by molar-refractivity contribution is 0.00531. The van der Waals surface area contributed by atoms with Crippen molar-refractivity contribution in [1.29, 1.82) is 0 Å². The Balaban J connectivity index is 1.39. The molecule has 11 heteroatoms. The molecule has 8 nitrogen and oxygen atoms in total. The molecule has 0 saturated carbocycles. The van der Waals surface area contributed by atoms with Crippen molar-refractivity contribution in [1.82, 2.24) is 10.0 Å². The monoisotopic (exact) mass is 606 g/mol. The molecule has 1 aliphatic rings. The molecule has 0 N–H and O–H groups in total. The number of Topliss-reactive ketones (excluding diaryl/α,β-unsaturated/α-hetero) is 1. The van der Waals surface area contributed by atoms with Gasteiger partial charge in [-0.1, -0.05) is 59.1 Å². The summed E-state index contributed by atoms with van der Waals surface area (Å²) in [5, 5.41) is 1.99. The number of hydrogen-bond donors (Lipinski definition) is 0. The fourth-order valence-electron chi connectivity index (χ4n) is 4.16. The molecule has 0 fully saturated rings. The summed E-state index contributed by atoms with van der Waals surface area (Å²) in [7, 11) is 0. The molecule has 0 radical (unpaired) electrons. The highest BCUT2D eigenvalue weighted by Crippen LogP contribution is 2.28. The molecule has 3 amide bonds. The van der Waals surface area contributed by atoms with Crippen LogP contribution in [0, 0.1) is 0 Å². The maximum absolute atomic E-state index is 13.6. The van der Waals surface area contributed by atoms with Gasteiger partial charge in [0, 0.05) is 10.6 Å². The first-order valence-electron chi connectivity index (χ1n) is 12.0. The van der Waals surface area contributed by atoms with Crippen LogP contribution in [0.1, 0.15) is 51.8 Å². The van der Waals surface area contributed by atoms with Crippen molar-refractivity contribution in [3.63, 3.8) is 0 Å². The van der Waals surface area contributed by atoms with Crippen molar-refractivity contribution >= 4 is 64.3 Å². The topological polar surface area (TPSA) is 101 Å². The number of fused-ring (bicyclic) bond motifs is 1. The number of carbonyl (C=O) groups is 5. The van der Waals surface area contributed by atoms with Gasteiger partial charge >= 0.3 is 5.97 Å². The van der Waals surface area contributed by atoms with Crippen LogP contribution in [0.25, 0.3) is 0 Å². The average molecular weight is 608 g/mol. The minimum atomic E-state index is -0.816. The molecule has 1 heterocycles. The van der Waals surface area contributed by atoms with Gasteiger partial charge in [-0.3, -0.25) is 19.2 Å². The second-order valence-electron chi connectivity index (χ2n) is 8.77. The minimum Gasteiger partial charge on any atom is -0.423 e. The second-order valence-corrected chi connectivity index (χ2v) is 10.0. The van der Waals surface area contributed by atoms with E-state index in [9.17, 15) is 24.0 Å². The summed E-state index contributed by atoms with van der Waals surface area (Å²) in [5.74, 6) is -3.51. The van der Waals surface area contributed by atoms with E-state index in [1.54, 1.807) is 24.3 Å². The maximum atomic E-state index is 13.6. The van der Waals surface area contributed by atoms with E-state index in [1.807, 2.05) is 0 Å². The Morgan fingerprint density at radius 1 is 0.707 bits per heavy atom. The molecule has 204 valence electrons. The van der Waals surface area contributed by atoms with Gasteiger partial charge in [-0.05, 0) is 66.7 Å². The first-order valence-corrected chi connectivity index (χ1v) is 13.1. The molecule has 0 unspecified atom stereocenters. The molecule has 0 aromatic heterocycles. The maximum Gasteiger partial charge on any atom is 0.345 e. The normalized spacial score (nSPS) is 12.2. The molecule has 0 spiro atoms. The van der Waals surface area contributed by atoms with Gasteiger partial charge in [0.25, 0.3) is 17.7 Å². The Morgan fingerprint density at radius 3 is 1.93 bits per heavy atom. The van der Waals surface area contributed by atoms with Crippen LogP contribution in [0.15, 0.2) is 91.0 Å². The van der Waals surface area contributed by atoms with E-state index in [1.165, 1.54) is 66.7 Å². The third-order valence-electron chi connectivity index (χ3n) is 6.18.